The lowest BCUT2D eigenvalue weighted by Crippen LogP contribution is -2.60. The Morgan fingerprint density at radius 2 is 1.16 bits per heavy atom. The Morgan fingerprint density at radius 3 is 1.62 bits per heavy atom. The van der Waals surface area contributed by atoms with Crippen molar-refractivity contribution in [2.24, 2.45) is 5.92 Å². The number of aliphatic hydroxyl groups is 6. The lowest BCUT2D eigenvalue weighted by Gasteiger charge is -2.40. The molecular formula is C40H77NO9. The highest BCUT2D eigenvalue weighted by atomic mass is 16.7. The Labute approximate surface area is 304 Å². The van der Waals surface area contributed by atoms with Crippen LogP contribution >= 0.6 is 0 Å². The molecular weight excluding hydrogens is 638 g/mol. The van der Waals surface area contributed by atoms with E-state index >= 15 is 0 Å². The van der Waals surface area contributed by atoms with Crippen molar-refractivity contribution in [2.75, 3.05) is 13.2 Å². The molecule has 5 unspecified atom stereocenters. The largest absolute Gasteiger partial charge is 0.394 e. The highest BCUT2D eigenvalue weighted by Gasteiger charge is 2.44. The number of hydrogen-bond donors (Lipinski definition) is 7. The Bertz CT molecular complexity index is 812. The number of carbonyl (C=O) groups is 1. The summed E-state index contributed by atoms with van der Waals surface area (Å²) in [4.78, 5) is 12.9. The molecule has 1 amide bonds. The minimum Gasteiger partial charge on any atom is -0.394 e. The van der Waals surface area contributed by atoms with Crippen LogP contribution in [0.25, 0.3) is 0 Å². The van der Waals surface area contributed by atoms with Gasteiger partial charge in [0, 0.05) is 6.42 Å². The van der Waals surface area contributed by atoms with Gasteiger partial charge in [0.05, 0.1) is 25.4 Å². The monoisotopic (exact) mass is 716 g/mol. The van der Waals surface area contributed by atoms with E-state index in [1.54, 1.807) is 0 Å². The molecule has 50 heavy (non-hydrogen) atoms. The minimum absolute atomic E-state index is 0.252. The Morgan fingerprint density at radius 1 is 0.700 bits per heavy atom. The van der Waals surface area contributed by atoms with E-state index < -0.39 is 55.6 Å². The molecule has 1 saturated carbocycles. The van der Waals surface area contributed by atoms with Gasteiger partial charge in [-0.25, -0.2) is 0 Å². The Hall–Kier alpha value is -0.850. The van der Waals surface area contributed by atoms with Gasteiger partial charge >= 0.3 is 0 Å². The first kappa shape index (κ1) is 45.3. The smallest absolute Gasteiger partial charge is 0.220 e. The first-order valence-corrected chi connectivity index (χ1v) is 20.9. The number of amides is 1. The van der Waals surface area contributed by atoms with Crippen molar-refractivity contribution >= 4 is 5.91 Å². The number of aliphatic hydroxyl groups excluding tert-OH is 6. The van der Waals surface area contributed by atoms with Gasteiger partial charge in [-0.2, -0.15) is 0 Å². The van der Waals surface area contributed by atoms with Crippen molar-refractivity contribution in [2.45, 2.75) is 229 Å². The van der Waals surface area contributed by atoms with E-state index in [0.29, 0.717) is 18.8 Å². The third kappa shape index (κ3) is 19.3. The molecule has 7 N–H and O–H groups in total. The van der Waals surface area contributed by atoms with Crippen LogP contribution < -0.4 is 5.32 Å². The molecule has 0 radical (unpaired) electrons. The molecule has 0 aromatic rings. The highest BCUT2D eigenvalue weighted by Crippen LogP contribution is 2.30. The van der Waals surface area contributed by atoms with Crippen LogP contribution in [0.1, 0.15) is 180 Å². The molecule has 8 atom stereocenters. The summed E-state index contributed by atoms with van der Waals surface area (Å²) in [5, 5.41) is 64.6. The normalized spacial score (nSPS) is 24.7. The van der Waals surface area contributed by atoms with Gasteiger partial charge < -0.3 is 45.4 Å². The summed E-state index contributed by atoms with van der Waals surface area (Å²) in [6.45, 7) is 1.39. The van der Waals surface area contributed by atoms with Crippen LogP contribution in [0.4, 0.5) is 0 Å². The van der Waals surface area contributed by atoms with Crippen molar-refractivity contribution in [1.29, 1.82) is 0 Å². The predicted octanol–water partition coefficient (Wildman–Crippen LogP) is 6.19. The average molecular weight is 716 g/mol. The summed E-state index contributed by atoms with van der Waals surface area (Å²) >= 11 is 0. The van der Waals surface area contributed by atoms with Gasteiger partial charge in [-0.3, -0.25) is 4.79 Å². The maximum absolute atomic E-state index is 12.9. The number of unbranched alkanes of at least 4 members (excludes halogenated alkanes) is 20. The van der Waals surface area contributed by atoms with Crippen LogP contribution in [-0.2, 0) is 14.3 Å². The van der Waals surface area contributed by atoms with E-state index in [1.165, 1.54) is 116 Å². The van der Waals surface area contributed by atoms with Gasteiger partial charge in [0.2, 0.25) is 5.91 Å². The average Bonchev–Trinajstić information content (AvgIpc) is 3.63. The van der Waals surface area contributed by atoms with Gasteiger partial charge in [-0.15, -0.1) is 0 Å². The van der Waals surface area contributed by atoms with Gasteiger partial charge in [0.25, 0.3) is 0 Å². The van der Waals surface area contributed by atoms with Gasteiger partial charge in [-0.1, -0.05) is 161 Å². The van der Waals surface area contributed by atoms with E-state index in [0.717, 1.165) is 44.9 Å². The van der Waals surface area contributed by atoms with Crippen molar-refractivity contribution in [3.05, 3.63) is 0 Å². The third-order valence-corrected chi connectivity index (χ3v) is 11.0. The second kappa shape index (κ2) is 28.6. The van der Waals surface area contributed by atoms with Crippen LogP contribution in [0, 0.1) is 5.92 Å². The molecule has 0 aromatic carbocycles. The van der Waals surface area contributed by atoms with Crippen molar-refractivity contribution in [1.82, 2.24) is 5.32 Å². The molecule has 1 aliphatic carbocycles. The van der Waals surface area contributed by atoms with Gasteiger partial charge in [0.15, 0.2) is 6.29 Å². The van der Waals surface area contributed by atoms with Crippen molar-refractivity contribution in [3.63, 3.8) is 0 Å². The van der Waals surface area contributed by atoms with Crippen LogP contribution in [0.2, 0.25) is 0 Å². The Balaban J connectivity index is 1.56. The van der Waals surface area contributed by atoms with Gasteiger partial charge in [0.1, 0.15) is 30.5 Å². The molecule has 0 spiro atoms. The van der Waals surface area contributed by atoms with Crippen LogP contribution in [0.15, 0.2) is 0 Å². The number of rotatable bonds is 31. The maximum Gasteiger partial charge on any atom is 0.220 e. The highest BCUT2D eigenvalue weighted by molar-refractivity contribution is 5.76. The second-order valence-electron chi connectivity index (χ2n) is 15.5. The van der Waals surface area contributed by atoms with Crippen LogP contribution in [0.5, 0.6) is 0 Å². The molecule has 10 nitrogen and oxygen atoms in total. The van der Waals surface area contributed by atoms with Crippen LogP contribution in [-0.4, -0.2) is 98.7 Å². The second-order valence-corrected chi connectivity index (χ2v) is 15.5. The quantitative estimate of drug-likeness (QED) is 0.0414. The fourth-order valence-corrected chi connectivity index (χ4v) is 7.62. The zero-order valence-corrected chi connectivity index (χ0v) is 31.6. The SMILES string of the molecule is CCCCCCCCCCCCCCCCCCCCCCCC(=O)N[C@@H](COC1OC(CO)C(O)C(O)C1O)[C@H](O)[C@H](O)CC1CCCC1. The number of ether oxygens (including phenoxy) is 2. The van der Waals surface area contributed by atoms with Gasteiger partial charge in [-0.05, 0) is 18.8 Å². The van der Waals surface area contributed by atoms with Crippen LogP contribution in [0.3, 0.4) is 0 Å². The molecule has 2 fully saturated rings. The number of hydrogen-bond acceptors (Lipinski definition) is 9. The number of carbonyl (C=O) groups excluding carboxylic acids is 1. The molecule has 10 heteroatoms. The molecule has 1 saturated heterocycles. The molecule has 1 heterocycles. The lowest BCUT2D eigenvalue weighted by molar-refractivity contribution is -0.303. The summed E-state index contributed by atoms with van der Waals surface area (Å²) < 4.78 is 11.1. The summed E-state index contributed by atoms with van der Waals surface area (Å²) in [5.41, 5.74) is 0. The van der Waals surface area contributed by atoms with E-state index in [4.69, 9.17) is 9.47 Å². The molecule has 2 aliphatic rings. The lowest BCUT2D eigenvalue weighted by atomic mass is 9.94. The predicted molar refractivity (Wildman–Crippen MR) is 197 cm³/mol. The topological polar surface area (TPSA) is 169 Å². The maximum atomic E-state index is 12.9. The first-order chi connectivity index (χ1) is 24.3. The zero-order chi connectivity index (χ0) is 36.4. The van der Waals surface area contributed by atoms with E-state index in [9.17, 15) is 35.4 Å². The molecule has 1 aliphatic heterocycles. The molecule has 2 rings (SSSR count). The zero-order valence-electron chi connectivity index (χ0n) is 31.6. The standard InChI is InChI=1S/C40H77NO9/c1-2-3-4-5-6-7-8-9-10-11-12-13-14-15-16-17-18-19-20-21-22-27-35(44)41-32(36(45)33(43)28-31-25-23-24-26-31)30-49-40-39(48)38(47)37(46)34(29-42)50-40/h31-34,36-40,42-43,45-48H,2-30H2,1H3,(H,41,44)/t32-,33+,34?,36-,37?,38?,39?,40?/m0/s1. The summed E-state index contributed by atoms with van der Waals surface area (Å²) in [6.07, 6.45) is 22.6. The molecule has 0 aromatic heterocycles. The van der Waals surface area contributed by atoms with Crippen molar-refractivity contribution in [3.8, 4) is 0 Å². The van der Waals surface area contributed by atoms with E-state index in [2.05, 4.69) is 12.2 Å². The molecule has 0 bridgehead atoms. The summed E-state index contributed by atoms with van der Waals surface area (Å²) in [7, 11) is 0. The Kier molecular flexibility index (Phi) is 25.9. The fourth-order valence-electron chi connectivity index (χ4n) is 7.62. The molecule has 296 valence electrons. The summed E-state index contributed by atoms with van der Waals surface area (Å²) in [5.74, 6) is 0.0684. The number of nitrogens with one attached hydrogen (secondary N) is 1. The van der Waals surface area contributed by atoms with E-state index in [-0.39, 0.29) is 12.5 Å². The van der Waals surface area contributed by atoms with Crippen molar-refractivity contribution < 1.29 is 44.9 Å². The third-order valence-electron chi connectivity index (χ3n) is 11.0. The fraction of sp³-hybridized carbons (Fsp3) is 0.975. The summed E-state index contributed by atoms with van der Waals surface area (Å²) in [6, 6.07) is -0.971. The van der Waals surface area contributed by atoms with E-state index in [1.807, 2.05) is 0 Å². The first-order valence-electron chi connectivity index (χ1n) is 20.9. The minimum atomic E-state index is -1.60.